The average molecular weight is 402 g/mol. The van der Waals surface area contributed by atoms with E-state index in [1.807, 2.05) is 6.07 Å². The molecule has 1 saturated carbocycles. The van der Waals surface area contributed by atoms with Gasteiger partial charge in [0, 0.05) is 11.7 Å². The molecule has 0 spiro atoms. The van der Waals surface area contributed by atoms with Crippen LogP contribution in [0.1, 0.15) is 24.0 Å². The molecule has 0 bridgehead atoms. The molecule has 1 aliphatic carbocycles. The summed E-state index contributed by atoms with van der Waals surface area (Å²) in [6, 6.07) is 6.74. The molecule has 0 heterocycles. The molecule has 118 valence electrons. The van der Waals surface area contributed by atoms with E-state index >= 15 is 0 Å². The van der Waals surface area contributed by atoms with Crippen LogP contribution >= 0.6 is 24.0 Å². The Labute approximate surface area is 145 Å². The number of rotatable bonds is 5. The number of benzene rings is 1. The van der Waals surface area contributed by atoms with E-state index in [1.165, 1.54) is 24.0 Å². The lowest BCUT2D eigenvalue weighted by atomic mass is 10.1. The second-order valence-corrected chi connectivity index (χ2v) is 6.02. The number of aliphatic imine (C=N–C) groups is 1. The van der Waals surface area contributed by atoms with E-state index in [2.05, 4.69) is 55.3 Å². The monoisotopic (exact) mass is 402 g/mol. The number of hydrogen-bond acceptors (Lipinski definition) is 2. The van der Waals surface area contributed by atoms with E-state index in [0.29, 0.717) is 12.0 Å². The van der Waals surface area contributed by atoms with E-state index in [0.717, 1.165) is 18.2 Å². The zero-order valence-corrected chi connectivity index (χ0v) is 15.7. The molecule has 0 aliphatic heterocycles. The molecular weight excluding hydrogens is 375 g/mol. The second kappa shape index (κ2) is 7.98. The van der Waals surface area contributed by atoms with E-state index in [1.54, 1.807) is 0 Å². The fourth-order valence-electron chi connectivity index (χ4n) is 2.41. The van der Waals surface area contributed by atoms with Gasteiger partial charge >= 0.3 is 0 Å². The summed E-state index contributed by atoms with van der Waals surface area (Å²) in [6.07, 6.45) is 2.64. The standard InChI is InChI=1S/C16H26N4.HI/c1-11-5-8-14(9-12(11)2)19-16(17)18-10-15(20(3)4)13-6-7-13;/h5,8-9,13,15H,6-7,10H2,1-4H3,(H3,17,18,19);1H. The Hall–Kier alpha value is -0.820. The maximum absolute atomic E-state index is 5.98. The molecule has 1 fully saturated rings. The Morgan fingerprint density at radius 3 is 2.52 bits per heavy atom. The third kappa shape index (κ3) is 5.47. The molecule has 2 rings (SSSR count). The number of hydrogen-bond donors (Lipinski definition) is 2. The molecular formula is C16H27IN4. The highest BCUT2D eigenvalue weighted by molar-refractivity contribution is 14.0. The van der Waals surface area contributed by atoms with Crippen LogP contribution in [0, 0.1) is 19.8 Å². The van der Waals surface area contributed by atoms with Gasteiger partial charge in [-0.25, -0.2) is 0 Å². The summed E-state index contributed by atoms with van der Waals surface area (Å²) < 4.78 is 0. The van der Waals surface area contributed by atoms with Crippen molar-refractivity contribution in [2.45, 2.75) is 32.7 Å². The molecule has 1 aliphatic rings. The number of aryl methyl sites for hydroxylation is 2. The van der Waals surface area contributed by atoms with Gasteiger partial charge in [0.15, 0.2) is 5.96 Å². The fraction of sp³-hybridized carbons (Fsp3) is 0.562. The van der Waals surface area contributed by atoms with E-state index < -0.39 is 0 Å². The third-order valence-corrected chi connectivity index (χ3v) is 4.06. The van der Waals surface area contributed by atoms with Crippen LogP contribution < -0.4 is 11.1 Å². The summed E-state index contributed by atoms with van der Waals surface area (Å²) in [7, 11) is 4.23. The van der Waals surface area contributed by atoms with Gasteiger partial charge in [-0.3, -0.25) is 4.99 Å². The van der Waals surface area contributed by atoms with Crippen molar-refractivity contribution in [3.63, 3.8) is 0 Å². The van der Waals surface area contributed by atoms with Crippen LogP contribution in [0.2, 0.25) is 0 Å². The van der Waals surface area contributed by atoms with Crippen molar-refractivity contribution in [3.8, 4) is 0 Å². The Kier molecular flexibility index (Phi) is 6.93. The molecule has 21 heavy (non-hydrogen) atoms. The molecule has 0 aromatic heterocycles. The van der Waals surface area contributed by atoms with Gasteiger partial charge in [0.05, 0.1) is 6.54 Å². The van der Waals surface area contributed by atoms with Gasteiger partial charge in [0.2, 0.25) is 0 Å². The van der Waals surface area contributed by atoms with Crippen molar-refractivity contribution < 1.29 is 0 Å². The Bertz CT molecular complexity index is 493. The highest BCUT2D eigenvalue weighted by Gasteiger charge is 2.32. The lowest BCUT2D eigenvalue weighted by Gasteiger charge is -2.22. The topological polar surface area (TPSA) is 53.6 Å². The van der Waals surface area contributed by atoms with Gasteiger partial charge in [0.25, 0.3) is 0 Å². The minimum Gasteiger partial charge on any atom is -0.370 e. The normalized spacial score (nSPS) is 16.5. The van der Waals surface area contributed by atoms with E-state index in [9.17, 15) is 0 Å². The highest BCUT2D eigenvalue weighted by Crippen LogP contribution is 2.34. The van der Waals surface area contributed by atoms with E-state index in [4.69, 9.17) is 5.73 Å². The van der Waals surface area contributed by atoms with Crippen molar-refractivity contribution in [3.05, 3.63) is 29.3 Å². The van der Waals surface area contributed by atoms with Crippen LogP contribution in [0.15, 0.2) is 23.2 Å². The molecule has 1 aromatic rings. The number of nitrogens with one attached hydrogen (secondary N) is 1. The quantitative estimate of drug-likeness (QED) is 0.452. The molecule has 1 unspecified atom stereocenters. The zero-order chi connectivity index (χ0) is 14.7. The largest absolute Gasteiger partial charge is 0.370 e. The number of guanidine groups is 1. The van der Waals surface area contributed by atoms with Gasteiger partial charge in [-0.15, -0.1) is 24.0 Å². The predicted octanol–water partition coefficient (Wildman–Crippen LogP) is 2.99. The first-order chi connectivity index (χ1) is 9.47. The second-order valence-electron chi connectivity index (χ2n) is 6.02. The first kappa shape index (κ1) is 18.2. The molecule has 1 atom stereocenters. The zero-order valence-electron chi connectivity index (χ0n) is 13.4. The Morgan fingerprint density at radius 1 is 1.33 bits per heavy atom. The van der Waals surface area contributed by atoms with Crippen molar-refractivity contribution in [1.82, 2.24) is 4.90 Å². The first-order valence-corrected chi connectivity index (χ1v) is 7.28. The number of halogens is 1. The molecule has 1 aromatic carbocycles. The molecule has 5 heteroatoms. The van der Waals surface area contributed by atoms with Crippen LogP contribution in [0.5, 0.6) is 0 Å². The summed E-state index contributed by atoms with van der Waals surface area (Å²) in [4.78, 5) is 6.75. The van der Waals surface area contributed by atoms with Gasteiger partial charge in [-0.2, -0.15) is 0 Å². The van der Waals surface area contributed by atoms with Gasteiger partial charge in [0.1, 0.15) is 0 Å². The van der Waals surface area contributed by atoms with Crippen LogP contribution in [-0.4, -0.2) is 37.5 Å². The Morgan fingerprint density at radius 2 is 2.00 bits per heavy atom. The van der Waals surface area contributed by atoms with Gasteiger partial charge in [-0.1, -0.05) is 6.07 Å². The lowest BCUT2D eigenvalue weighted by molar-refractivity contribution is 0.271. The van der Waals surface area contributed by atoms with Crippen LogP contribution in [-0.2, 0) is 0 Å². The van der Waals surface area contributed by atoms with Crippen molar-refractivity contribution in [2.24, 2.45) is 16.6 Å². The maximum Gasteiger partial charge on any atom is 0.193 e. The minimum absolute atomic E-state index is 0. The molecule has 4 nitrogen and oxygen atoms in total. The maximum atomic E-state index is 5.98. The highest BCUT2D eigenvalue weighted by atomic mass is 127. The van der Waals surface area contributed by atoms with Crippen molar-refractivity contribution in [2.75, 3.05) is 26.0 Å². The van der Waals surface area contributed by atoms with Crippen LogP contribution in [0.4, 0.5) is 5.69 Å². The van der Waals surface area contributed by atoms with E-state index in [-0.39, 0.29) is 24.0 Å². The smallest absolute Gasteiger partial charge is 0.193 e. The van der Waals surface area contributed by atoms with Crippen LogP contribution in [0.25, 0.3) is 0 Å². The summed E-state index contributed by atoms with van der Waals surface area (Å²) >= 11 is 0. The molecule has 0 radical (unpaired) electrons. The summed E-state index contributed by atoms with van der Waals surface area (Å²) in [5.74, 6) is 1.30. The number of anilines is 1. The first-order valence-electron chi connectivity index (χ1n) is 7.28. The van der Waals surface area contributed by atoms with Gasteiger partial charge < -0.3 is 16.0 Å². The van der Waals surface area contributed by atoms with Crippen LogP contribution in [0.3, 0.4) is 0 Å². The average Bonchev–Trinajstić information content (AvgIpc) is 3.18. The minimum atomic E-state index is 0. The lowest BCUT2D eigenvalue weighted by Crippen LogP contribution is -2.34. The number of nitrogens with two attached hydrogens (primary N) is 1. The SMILES string of the molecule is Cc1ccc(NC(N)=NCC(C2CC2)N(C)C)cc1C.I. The Balaban J connectivity index is 0.00000220. The molecule has 0 amide bonds. The summed E-state index contributed by atoms with van der Waals surface area (Å²) in [5, 5.41) is 3.17. The number of likely N-dealkylation sites (N-methyl/N-ethyl adjacent to an activating group) is 1. The van der Waals surface area contributed by atoms with Crippen molar-refractivity contribution in [1.29, 1.82) is 0 Å². The van der Waals surface area contributed by atoms with Crippen molar-refractivity contribution >= 4 is 35.6 Å². The molecule has 0 saturated heterocycles. The third-order valence-electron chi connectivity index (χ3n) is 4.06. The fourth-order valence-corrected chi connectivity index (χ4v) is 2.41. The summed E-state index contributed by atoms with van der Waals surface area (Å²) in [6.45, 7) is 4.97. The number of nitrogens with zero attached hydrogens (tertiary/aromatic N) is 2. The molecule has 3 N–H and O–H groups in total. The predicted molar refractivity (Wildman–Crippen MR) is 102 cm³/mol. The summed E-state index contributed by atoms with van der Waals surface area (Å²) in [5.41, 5.74) is 9.53. The van der Waals surface area contributed by atoms with Gasteiger partial charge in [-0.05, 0) is 70.0 Å².